The largest absolute Gasteiger partial charge is 0.497 e. The van der Waals surface area contributed by atoms with Gasteiger partial charge in [-0.2, -0.15) is 4.57 Å². The maximum absolute atomic E-state index is 14.6. The van der Waals surface area contributed by atoms with Crippen molar-refractivity contribution in [1.82, 2.24) is 33.5 Å². The minimum absolute atomic E-state index is 0. The zero-order chi connectivity index (χ0) is 40.4. The highest BCUT2D eigenvalue weighted by molar-refractivity contribution is 6.62. The van der Waals surface area contributed by atoms with Crippen LogP contribution in [0, 0.1) is 11.6 Å². The second-order valence-electron chi connectivity index (χ2n) is 15.6. The number of rotatable bonds is 10. The highest BCUT2D eigenvalue weighted by Crippen LogP contribution is 2.36. The summed E-state index contributed by atoms with van der Waals surface area (Å²) in [7, 11) is 4.73. The lowest BCUT2D eigenvalue weighted by Gasteiger charge is -2.32. The molecular weight excluding hydrogens is 717 g/mol. The number of hydrogen-bond donors (Lipinski definition) is 0. The van der Waals surface area contributed by atoms with Crippen molar-refractivity contribution < 1.29 is 32.2 Å². The molecule has 300 valence electrons. The fraction of sp³-hybridized carbons (Fsp3) is 0.439. The van der Waals surface area contributed by atoms with Crippen molar-refractivity contribution in [3.05, 3.63) is 114 Å². The summed E-state index contributed by atoms with van der Waals surface area (Å²) in [5, 5.41) is 0. The third kappa shape index (κ3) is 9.80. The molecule has 0 spiro atoms. The monoisotopic (exact) mass is 773 g/mol. The molecule has 6 rings (SSSR count). The molecule has 1 saturated heterocycles. The van der Waals surface area contributed by atoms with Crippen molar-refractivity contribution in [3.63, 3.8) is 0 Å². The maximum Gasteiger partial charge on any atom is 0.497 e. The van der Waals surface area contributed by atoms with Crippen LogP contribution in [-0.2, 0) is 43.5 Å². The van der Waals surface area contributed by atoms with Crippen LogP contribution < -0.4 is 10.0 Å². The quantitative estimate of drug-likeness (QED) is 0.132. The number of imidazole rings is 3. The lowest BCUT2D eigenvalue weighted by molar-refractivity contribution is -0.670. The first-order chi connectivity index (χ1) is 25.8. The summed E-state index contributed by atoms with van der Waals surface area (Å²) in [6.45, 7) is 16.2. The topological polar surface area (TPSA) is 104 Å². The summed E-state index contributed by atoms with van der Waals surface area (Å²) >= 11 is 0. The van der Waals surface area contributed by atoms with E-state index in [9.17, 15) is 18.4 Å². The molecule has 0 unspecified atom stereocenters. The van der Waals surface area contributed by atoms with E-state index in [2.05, 4.69) is 9.97 Å². The van der Waals surface area contributed by atoms with Crippen molar-refractivity contribution in [1.29, 1.82) is 0 Å². The van der Waals surface area contributed by atoms with E-state index in [-0.39, 0.29) is 43.0 Å². The van der Waals surface area contributed by atoms with Crippen molar-refractivity contribution in [2.75, 3.05) is 0 Å². The van der Waals surface area contributed by atoms with E-state index in [1.165, 1.54) is 12.1 Å². The smallest absolute Gasteiger partial charge is 0.399 e. The van der Waals surface area contributed by atoms with E-state index in [4.69, 9.17) is 9.31 Å². The van der Waals surface area contributed by atoms with Crippen molar-refractivity contribution >= 4 is 24.4 Å². The molecule has 12 nitrogen and oxygen atoms in total. The summed E-state index contributed by atoms with van der Waals surface area (Å²) in [5.74, 6) is -1.00. The van der Waals surface area contributed by atoms with Gasteiger partial charge in [0.25, 0.3) is 11.8 Å². The van der Waals surface area contributed by atoms with E-state index >= 15 is 0 Å². The second kappa shape index (κ2) is 17.3. The molecule has 0 radical (unpaired) electrons. The van der Waals surface area contributed by atoms with E-state index in [1.807, 2.05) is 87.3 Å². The first kappa shape index (κ1) is 43.6. The number of benzene rings is 2. The van der Waals surface area contributed by atoms with Gasteiger partial charge in [-0.05, 0) is 84.7 Å². The Hall–Kier alpha value is -5.15. The molecule has 0 saturated carbocycles. The molecule has 0 atom stereocenters. The third-order valence-corrected chi connectivity index (χ3v) is 9.95. The number of aryl methyl sites for hydroxylation is 3. The predicted molar refractivity (Wildman–Crippen MR) is 212 cm³/mol. The van der Waals surface area contributed by atoms with Gasteiger partial charge < -0.3 is 28.2 Å². The molecule has 2 aromatic carbocycles. The van der Waals surface area contributed by atoms with Gasteiger partial charge in [-0.25, -0.2) is 23.3 Å². The van der Waals surface area contributed by atoms with E-state index < -0.39 is 18.3 Å². The van der Waals surface area contributed by atoms with Crippen molar-refractivity contribution in [2.45, 2.75) is 99.2 Å². The first-order valence-electron chi connectivity index (χ1n) is 18.3. The normalized spacial score (nSPS) is 14.4. The second-order valence-corrected chi connectivity index (χ2v) is 15.6. The van der Waals surface area contributed by atoms with E-state index in [0.717, 1.165) is 11.1 Å². The van der Waals surface area contributed by atoms with Crippen LogP contribution in [0.4, 0.5) is 8.78 Å². The number of amides is 2. The molecule has 0 bridgehead atoms. The molecule has 56 heavy (non-hydrogen) atoms. The standard InChI is InChI=1S/C21H29BFN3O3.C19H23FN5O.CH4/c1-14(2)26(19(27)18-12-25(7)13-24-18)11-15-8-9-17(23)16(10-15)22-28-20(3,4)21(5,6)29-22;1-14(2)25(19(26)17-11-23(4)12-21-17)10-15-5-6-16(20)18(9-15)24-8-7-22(3)13-24;/h8-10,12-14H,11H2,1-7H3;5-9,11-14H,10H2,1-4H3;1H4/q;+1;. The molecular formula is C41H56BF2N8O4+. The Balaban J connectivity index is 0.000000246. The fourth-order valence-electron chi connectivity index (χ4n) is 6.00. The number of aromatic nitrogens is 6. The van der Waals surface area contributed by atoms with Gasteiger partial charge in [-0.3, -0.25) is 9.59 Å². The van der Waals surface area contributed by atoms with Crippen LogP contribution in [0.15, 0.2) is 80.2 Å². The predicted octanol–water partition coefficient (Wildman–Crippen LogP) is 5.77. The Kier molecular flexibility index (Phi) is 13.5. The lowest BCUT2D eigenvalue weighted by Crippen LogP contribution is -2.41. The summed E-state index contributed by atoms with van der Waals surface area (Å²) < 4.78 is 47.9. The number of halogens is 2. The van der Waals surface area contributed by atoms with Crippen LogP contribution in [0.1, 0.15) is 94.9 Å². The summed E-state index contributed by atoms with van der Waals surface area (Å²) in [6.07, 6.45) is 12.0. The Labute approximate surface area is 329 Å². The zero-order valence-corrected chi connectivity index (χ0v) is 33.6. The minimum atomic E-state index is -0.793. The molecule has 0 aliphatic carbocycles. The molecule has 1 aliphatic heterocycles. The Morgan fingerprint density at radius 1 is 0.804 bits per heavy atom. The molecule has 0 N–H and O–H groups in total. The number of carbonyl (C=O) groups is 2. The highest BCUT2D eigenvalue weighted by Gasteiger charge is 2.52. The van der Waals surface area contributed by atoms with Crippen LogP contribution in [0.2, 0.25) is 0 Å². The van der Waals surface area contributed by atoms with Gasteiger partial charge in [-0.15, -0.1) is 0 Å². The fourth-order valence-corrected chi connectivity index (χ4v) is 6.00. The first-order valence-corrected chi connectivity index (χ1v) is 18.3. The van der Waals surface area contributed by atoms with Crippen LogP contribution in [0.25, 0.3) is 5.69 Å². The maximum atomic E-state index is 14.6. The highest BCUT2D eigenvalue weighted by atomic mass is 19.1. The van der Waals surface area contributed by atoms with Gasteiger partial charge in [0.15, 0.2) is 11.5 Å². The van der Waals surface area contributed by atoms with Gasteiger partial charge >= 0.3 is 7.12 Å². The Morgan fingerprint density at radius 3 is 1.68 bits per heavy atom. The average molecular weight is 774 g/mol. The van der Waals surface area contributed by atoms with Gasteiger partial charge in [-0.1, -0.05) is 25.6 Å². The van der Waals surface area contributed by atoms with E-state index in [0.29, 0.717) is 35.6 Å². The molecule has 3 aromatic heterocycles. The molecule has 1 aliphatic rings. The third-order valence-electron chi connectivity index (χ3n) is 9.95. The van der Waals surface area contributed by atoms with E-state index in [1.54, 1.807) is 85.3 Å². The van der Waals surface area contributed by atoms with Crippen molar-refractivity contribution in [2.24, 2.45) is 21.1 Å². The Morgan fingerprint density at radius 2 is 1.27 bits per heavy atom. The zero-order valence-electron chi connectivity index (χ0n) is 33.6. The molecule has 4 heterocycles. The average Bonchev–Trinajstić information content (AvgIpc) is 3.90. The number of carbonyl (C=O) groups excluding carboxylic acids is 2. The van der Waals surface area contributed by atoms with Crippen molar-refractivity contribution in [3.8, 4) is 5.69 Å². The van der Waals surface area contributed by atoms with Crippen LogP contribution in [-0.4, -0.2) is 75.7 Å². The number of hydrogen-bond acceptors (Lipinski definition) is 6. The minimum Gasteiger partial charge on any atom is -0.399 e. The molecule has 5 aromatic rings. The summed E-state index contributed by atoms with van der Waals surface area (Å²) in [5.41, 5.74) is 2.13. The van der Waals surface area contributed by atoms with Crippen LogP contribution in [0.5, 0.6) is 0 Å². The van der Waals surface area contributed by atoms with Gasteiger partial charge in [0.05, 0.1) is 30.9 Å². The van der Waals surface area contributed by atoms with Gasteiger partial charge in [0, 0.05) is 57.1 Å². The van der Waals surface area contributed by atoms with Crippen LogP contribution in [0.3, 0.4) is 0 Å². The molecule has 1 fully saturated rings. The van der Waals surface area contributed by atoms with Gasteiger partial charge in [0.2, 0.25) is 6.33 Å². The summed E-state index contributed by atoms with van der Waals surface area (Å²) in [6, 6.07) is 9.68. The summed E-state index contributed by atoms with van der Waals surface area (Å²) in [4.78, 5) is 37.5. The van der Waals surface area contributed by atoms with Gasteiger partial charge in [0.1, 0.15) is 29.6 Å². The SMILES string of the molecule is C.CC(C)N(Cc1ccc(F)c(-n2cc[n+](C)c2)c1)C(=O)c1cn(C)cn1.CC(C)N(Cc1ccc(F)c(B2OC(C)(C)C(C)(C)O2)c1)C(=O)c1cn(C)cn1. The number of nitrogens with zero attached hydrogens (tertiary/aromatic N) is 8. The van der Waals surface area contributed by atoms with Crippen LogP contribution >= 0.6 is 0 Å². The Bertz CT molecular complexity index is 2120. The molecule has 15 heteroatoms. The molecule has 2 amide bonds. The lowest BCUT2D eigenvalue weighted by atomic mass is 9.78.